The van der Waals surface area contributed by atoms with E-state index in [0.29, 0.717) is 17.7 Å². The maximum Gasteiger partial charge on any atom is 0.254 e. The van der Waals surface area contributed by atoms with Crippen LogP contribution in [0.4, 0.5) is 0 Å². The highest BCUT2D eigenvalue weighted by Gasteiger charge is 2.28. The summed E-state index contributed by atoms with van der Waals surface area (Å²) < 4.78 is 0. The molecule has 2 rings (SSSR count). The lowest BCUT2D eigenvalue weighted by atomic mass is 9.91. The Morgan fingerprint density at radius 3 is 2.63 bits per heavy atom. The molecule has 1 aliphatic carbocycles. The molecule has 102 valence electrons. The van der Waals surface area contributed by atoms with Crippen molar-refractivity contribution >= 4 is 23.1 Å². The van der Waals surface area contributed by atoms with Gasteiger partial charge in [-0.25, -0.2) is 0 Å². The van der Waals surface area contributed by atoms with Crippen LogP contribution in [0.25, 0.3) is 0 Å². The summed E-state index contributed by atoms with van der Waals surface area (Å²) >= 11 is 4.92. The third kappa shape index (κ3) is 3.11. The molecule has 0 spiro atoms. The summed E-state index contributed by atoms with van der Waals surface area (Å²) in [5.41, 5.74) is 6.85. The predicted octanol–water partition coefficient (Wildman–Crippen LogP) is 1.31. The fourth-order valence-corrected chi connectivity index (χ4v) is 2.35. The summed E-state index contributed by atoms with van der Waals surface area (Å²) in [6.07, 6.45) is 3.17. The lowest BCUT2D eigenvalue weighted by Crippen LogP contribution is -2.45. The van der Waals surface area contributed by atoms with Crippen LogP contribution in [0.15, 0.2) is 24.3 Å². The molecule has 1 fully saturated rings. The Morgan fingerprint density at radius 2 is 2.11 bits per heavy atom. The van der Waals surface area contributed by atoms with E-state index in [-0.39, 0.29) is 23.5 Å². The lowest BCUT2D eigenvalue weighted by Gasteiger charge is -2.37. The number of benzene rings is 1. The number of aliphatic hydroxyl groups is 1. The normalized spacial score (nSPS) is 14.8. The number of nitrogens with two attached hydrogens (primary N) is 1. The van der Waals surface area contributed by atoms with E-state index >= 15 is 0 Å². The number of carbonyl (C=O) groups excluding carboxylic acids is 1. The molecule has 0 radical (unpaired) electrons. The molecule has 1 aromatic carbocycles. The first-order valence-electron chi connectivity index (χ1n) is 6.45. The molecule has 4 nitrogen and oxygen atoms in total. The van der Waals surface area contributed by atoms with E-state index in [4.69, 9.17) is 23.1 Å². The average molecular weight is 278 g/mol. The lowest BCUT2D eigenvalue weighted by molar-refractivity contribution is 0.0526. The fourth-order valence-electron chi connectivity index (χ4n) is 2.23. The largest absolute Gasteiger partial charge is 0.395 e. The molecule has 0 heterocycles. The van der Waals surface area contributed by atoms with Crippen LogP contribution in [-0.4, -0.2) is 40.1 Å². The van der Waals surface area contributed by atoms with Crippen LogP contribution >= 0.6 is 12.2 Å². The molecule has 1 aromatic rings. The quantitative estimate of drug-likeness (QED) is 0.797. The highest BCUT2D eigenvalue weighted by Crippen LogP contribution is 2.26. The first-order chi connectivity index (χ1) is 9.13. The zero-order valence-electron chi connectivity index (χ0n) is 10.7. The van der Waals surface area contributed by atoms with E-state index in [9.17, 15) is 4.79 Å². The van der Waals surface area contributed by atoms with Crippen molar-refractivity contribution in [3.8, 4) is 0 Å². The first-order valence-corrected chi connectivity index (χ1v) is 6.86. The maximum atomic E-state index is 12.5. The van der Waals surface area contributed by atoms with Crippen LogP contribution in [0.3, 0.4) is 0 Å². The number of nitrogens with zero attached hydrogens (tertiary/aromatic N) is 1. The van der Waals surface area contributed by atoms with Crippen LogP contribution in [0.5, 0.6) is 0 Å². The van der Waals surface area contributed by atoms with Crippen molar-refractivity contribution in [2.75, 3.05) is 13.2 Å². The Bertz CT molecular complexity index is 486. The minimum Gasteiger partial charge on any atom is -0.395 e. The van der Waals surface area contributed by atoms with Crippen LogP contribution in [0, 0.1) is 0 Å². The number of hydrogen-bond donors (Lipinski definition) is 2. The second-order valence-electron chi connectivity index (χ2n) is 4.75. The molecule has 5 heteroatoms. The molecular formula is C14H18N2O2S. The molecule has 3 N–H and O–H groups in total. The van der Waals surface area contributed by atoms with E-state index in [0.717, 1.165) is 19.3 Å². The second-order valence-corrected chi connectivity index (χ2v) is 5.19. The maximum absolute atomic E-state index is 12.5. The molecule has 1 amide bonds. The van der Waals surface area contributed by atoms with Gasteiger partial charge in [-0.15, -0.1) is 0 Å². The molecule has 19 heavy (non-hydrogen) atoms. The number of aliphatic hydroxyl groups excluding tert-OH is 1. The van der Waals surface area contributed by atoms with Gasteiger partial charge in [0, 0.05) is 23.7 Å². The van der Waals surface area contributed by atoms with E-state index < -0.39 is 0 Å². The minimum absolute atomic E-state index is 0.0166. The molecular weight excluding hydrogens is 260 g/mol. The summed E-state index contributed by atoms with van der Waals surface area (Å²) in [6, 6.07) is 7.30. The Hall–Kier alpha value is -1.46. The topological polar surface area (TPSA) is 66.6 Å². The van der Waals surface area contributed by atoms with Gasteiger partial charge in [0.1, 0.15) is 4.99 Å². The van der Waals surface area contributed by atoms with Gasteiger partial charge >= 0.3 is 0 Å². The van der Waals surface area contributed by atoms with E-state index in [1.807, 2.05) is 0 Å². The van der Waals surface area contributed by atoms with Crippen LogP contribution < -0.4 is 5.73 Å². The summed E-state index contributed by atoms with van der Waals surface area (Å²) in [5.74, 6) is -0.0585. The van der Waals surface area contributed by atoms with Crippen LogP contribution in [-0.2, 0) is 0 Å². The van der Waals surface area contributed by atoms with Crippen molar-refractivity contribution in [3.63, 3.8) is 0 Å². The number of thiocarbonyl (C=S) groups is 1. The van der Waals surface area contributed by atoms with Gasteiger partial charge in [0.2, 0.25) is 0 Å². The van der Waals surface area contributed by atoms with E-state index in [2.05, 4.69) is 0 Å². The van der Waals surface area contributed by atoms with Gasteiger partial charge in [0.25, 0.3) is 5.91 Å². The molecule has 1 aliphatic rings. The monoisotopic (exact) mass is 278 g/mol. The Labute approximate surface area is 118 Å². The summed E-state index contributed by atoms with van der Waals surface area (Å²) in [5, 5.41) is 9.11. The number of amides is 1. The highest BCUT2D eigenvalue weighted by atomic mass is 32.1. The van der Waals surface area contributed by atoms with Crippen molar-refractivity contribution in [3.05, 3.63) is 35.4 Å². The van der Waals surface area contributed by atoms with E-state index in [1.165, 1.54) is 0 Å². The minimum atomic E-state index is -0.0585. The summed E-state index contributed by atoms with van der Waals surface area (Å²) in [4.78, 5) is 14.5. The summed E-state index contributed by atoms with van der Waals surface area (Å²) in [6.45, 7) is 0.359. The Kier molecular flexibility index (Phi) is 4.50. The number of rotatable bonds is 5. The number of hydrogen-bond acceptors (Lipinski definition) is 3. The van der Waals surface area contributed by atoms with Crippen LogP contribution in [0.2, 0.25) is 0 Å². The zero-order valence-corrected chi connectivity index (χ0v) is 11.5. The predicted molar refractivity (Wildman–Crippen MR) is 78.1 cm³/mol. The smallest absolute Gasteiger partial charge is 0.254 e. The molecule has 0 atom stereocenters. The molecule has 0 bridgehead atoms. The molecule has 0 saturated heterocycles. The molecule has 0 aliphatic heterocycles. The molecule has 0 unspecified atom stereocenters. The summed E-state index contributed by atoms with van der Waals surface area (Å²) in [7, 11) is 0. The SMILES string of the molecule is NC(=S)c1cccc(C(=O)N(CCO)C2CCC2)c1. The Balaban J connectivity index is 2.20. The van der Waals surface area contributed by atoms with Gasteiger partial charge in [-0.2, -0.15) is 0 Å². The average Bonchev–Trinajstić information content (AvgIpc) is 2.35. The van der Waals surface area contributed by atoms with Gasteiger partial charge < -0.3 is 15.7 Å². The zero-order chi connectivity index (χ0) is 13.8. The van der Waals surface area contributed by atoms with Gasteiger partial charge in [0.05, 0.1) is 6.61 Å². The van der Waals surface area contributed by atoms with Gasteiger partial charge in [0.15, 0.2) is 0 Å². The first kappa shape index (κ1) is 14.0. The number of carbonyl (C=O) groups is 1. The van der Waals surface area contributed by atoms with Gasteiger partial charge in [-0.3, -0.25) is 4.79 Å². The van der Waals surface area contributed by atoms with Crippen molar-refractivity contribution in [1.82, 2.24) is 4.90 Å². The highest BCUT2D eigenvalue weighted by molar-refractivity contribution is 7.80. The van der Waals surface area contributed by atoms with Gasteiger partial charge in [-0.05, 0) is 31.4 Å². The van der Waals surface area contributed by atoms with Gasteiger partial charge in [-0.1, -0.05) is 24.4 Å². The van der Waals surface area contributed by atoms with E-state index in [1.54, 1.807) is 29.2 Å². The fraction of sp³-hybridized carbons (Fsp3) is 0.429. The Morgan fingerprint density at radius 1 is 1.42 bits per heavy atom. The molecule has 0 aromatic heterocycles. The third-order valence-electron chi connectivity index (χ3n) is 3.51. The second kappa shape index (κ2) is 6.12. The van der Waals surface area contributed by atoms with Crippen molar-refractivity contribution in [2.24, 2.45) is 5.73 Å². The standard InChI is InChI=1S/C14H18N2O2S/c15-13(19)10-3-1-4-11(9-10)14(18)16(7-8-17)12-5-2-6-12/h1,3-4,9,12,17H,2,5-8H2,(H2,15,19). The van der Waals surface area contributed by atoms with Crippen LogP contribution in [0.1, 0.15) is 35.2 Å². The van der Waals surface area contributed by atoms with Crippen molar-refractivity contribution < 1.29 is 9.90 Å². The van der Waals surface area contributed by atoms with Crippen molar-refractivity contribution in [2.45, 2.75) is 25.3 Å². The third-order valence-corrected chi connectivity index (χ3v) is 3.75. The van der Waals surface area contributed by atoms with Crippen molar-refractivity contribution in [1.29, 1.82) is 0 Å². The molecule has 1 saturated carbocycles.